The molecule has 23 nitrogen and oxygen atoms in total. The first-order valence-corrected chi connectivity index (χ1v) is 34.0. The molecular weight excluding hydrogens is 1170 g/mol. The van der Waals surface area contributed by atoms with Gasteiger partial charge in [-0.1, -0.05) is 43.0 Å². The summed E-state index contributed by atoms with van der Waals surface area (Å²) in [5.41, 5.74) is 10.0. The molecular formula is C63H95N9O14S2. The smallest absolute Gasteiger partial charge is 0.493 e. The number of hydrogen-bond acceptors (Lipinski definition) is 20. The van der Waals surface area contributed by atoms with E-state index in [2.05, 4.69) is 60.9 Å². The van der Waals surface area contributed by atoms with Gasteiger partial charge in [-0.25, -0.2) is 13.1 Å². The predicted octanol–water partition coefficient (Wildman–Crippen LogP) is 7.21. The zero-order chi connectivity index (χ0) is 63.4. The third-order valence-corrected chi connectivity index (χ3v) is 18.0. The van der Waals surface area contributed by atoms with E-state index >= 15 is 0 Å². The minimum absolute atomic E-state index is 0.105. The fourth-order valence-electron chi connectivity index (χ4n) is 11.1. The van der Waals surface area contributed by atoms with Crippen LogP contribution in [0.3, 0.4) is 0 Å². The molecule has 4 fully saturated rings. The van der Waals surface area contributed by atoms with Crippen LogP contribution in [0.1, 0.15) is 98.8 Å². The zero-order valence-corrected chi connectivity index (χ0v) is 54.8. The quantitative estimate of drug-likeness (QED) is 0.0283. The average Bonchev–Trinajstić information content (AvgIpc) is 3.70. The standard InChI is InChI=1S/C26H39N3O6S.C25H37N3O4.C12H19N3O4S/c1-19(18-28-36(3,30)31)20-8-11-29(12-9-20)23-7-10-27-22-17-24(32-2)25(16-21(22)23)33-14-15-35-26-6-4-5-13-34-26;1-18(17-26)19-7-10-28(11-8-19)22-6-9-27-21-16-23(29-2)24(15-20(21)22)30-13-14-32-25-5-3-4-12-31-25;1-12(2,3)19-11(16)13-20(17,18)15-8-6-10(7-9-15)14(4)5/h7,10,16-17,19-20,26,28H,4-6,8-9,11-15,18H2,1-3H3;6,9,15-16,18-19,25H,3-5,7-8,10-14,17,26H2,1-2H3;6-9H,1-5H3. The summed E-state index contributed by atoms with van der Waals surface area (Å²) in [7, 11) is -0.330. The Hall–Kier alpha value is -6.06. The van der Waals surface area contributed by atoms with Crippen LogP contribution < -0.4 is 53.2 Å². The summed E-state index contributed by atoms with van der Waals surface area (Å²) >= 11 is 0. The van der Waals surface area contributed by atoms with E-state index in [1.165, 1.54) is 37.2 Å². The van der Waals surface area contributed by atoms with E-state index < -0.39 is 31.9 Å². The van der Waals surface area contributed by atoms with Crippen molar-refractivity contribution in [1.82, 2.24) is 14.7 Å². The van der Waals surface area contributed by atoms with Crippen molar-refractivity contribution in [3.05, 3.63) is 73.3 Å². The van der Waals surface area contributed by atoms with Gasteiger partial charge in [0, 0.05) is 130 Å². The van der Waals surface area contributed by atoms with Gasteiger partial charge in [0.2, 0.25) is 10.0 Å². The Morgan fingerprint density at radius 1 is 0.716 bits per heavy atom. The van der Waals surface area contributed by atoms with Gasteiger partial charge in [0.15, 0.2) is 54.1 Å². The largest absolute Gasteiger partial charge is 0.594 e. The second-order valence-electron chi connectivity index (χ2n) is 24.0. The summed E-state index contributed by atoms with van der Waals surface area (Å²) < 4.78 is 104. The number of rotatable bonds is 23. The van der Waals surface area contributed by atoms with E-state index in [1.54, 1.807) is 47.1 Å². The number of fused-ring (bicyclic) bond motifs is 2. The molecule has 0 bridgehead atoms. The fraction of sp³-hybridized carbons (Fsp3) is 0.619. The molecule has 0 spiro atoms. The van der Waals surface area contributed by atoms with Crippen LogP contribution in [-0.2, 0) is 43.9 Å². The summed E-state index contributed by atoms with van der Waals surface area (Å²) in [6.45, 7) is 17.7. The van der Waals surface area contributed by atoms with Crippen molar-refractivity contribution in [2.75, 3.05) is 128 Å². The Morgan fingerprint density at radius 3 is 1.58 bits per heavy atom. The van der Waals surface area contributed by atoms with Crippen molar-refractivity contribution in [2.45, 2.75) is 117 Å². The number of aromatic nitrogens is 3. The van der Waals surface area contributed by atoms with Gasteiger partial charge in [-0.3, -0.25) is 9.97 Å². The molecule has 0 saturated carbocycles. The maximum atomic E-state index is 11.9. The summed E-state index contributed by atoms with van der Waals surface area (Å²) in [5, 5.41) is 13.5. The summed E-state index contributed by atoms with van der Waals surface area (Å²) in [4.78, 5) is 15.8. The molecule has 2 aromatic carbocycles. The number of hydrogen-bond donors (Lipinski definition) is 2. The van der Waals surface area contributed by atoms with Crippen molar-refractivity contribution in [2.24, 2.45) is 33.8 Å². The van der Waals surface area contributed by atoms with E-state index in [-0.39, 0.29) is 12.6 Å². The molecule has 25 heteroatoms. The van der Waals surface area contributed by atoms with E-state index in [4.69, 9.17) is 48.4 Å². The number of nitrogens with one attached hydrogen (secondary N) is 1. The number of pyridine rings is 3. The molecule has 488 valence electrons. The Kier molecular flexibility index (Phi) is 26.1. The lowest BCUT2D eigenvalue weighted by molar-refractivity contribution is -0.511. The van der Waals surface area contributed by atoms with E-state index in [0.717, 1.165) is 134 Å². The van der Waals surface area contributed by atoms with Gasteiger partial charge >= 0.3 is 10.2 Å². The van der Waals surface area contributed by atoms with Crippen molar-refractivity contribution < 1.29 is 68.5 Å². The summed E-state index contributed by atoms with van der Waals surface area (Å²) in [5.74, 6) is 4.78. The van der Waals surface area contributed by atoms with Crippen molar-refractivity contribution in [1.29, 1.82) is 0 Å². The Morgan fingerprint density at radius 2 is 1.18 bits per heavy atom. The SMILES string of the molecule is CN(C)c1cc[n+](S(=O)(=O)N=C([O-])OC(C)(C)C)cc1.COc1cc2nccc(N3CCC(C(C)CN)CC3)c2cc1OCCOC1CCCCO1.COc1cc2nccc(N3CCC(C(C)CNS(C)(=O)=O)CC3)c2cc1OCCOC1CCCCO1. The first kappa shape index (κ1) is 69.4. The minimum Gasteiger partial charge on any atom is -0.594 e. The van der Waals surface area contributed by atoms with Gasteiger partial charge in [-0.2, -0.15) is 0 Å². The lowest BCUT2D eigenvalue weighted by Crippen LogP contribution is -2.43. The Balaban J connectivity index is 0.000000196. The molecule has 4 saturated heterocycles. The van der Waals surface area contributed by atoms with Gasteiger partial charge in [-0.05, 0) is 119 Å². The molecule has 4 aliphatic heterocycles. The van der Waals surface area contributed by atoms with Crippen molar-refractivity contribution >= 4 is 65.2 Å². The van der Waals surface area contributed by atoms with Crippen LogP contribution >= 0.6 is 0 Å². The molecule has 88 heavy (non-hydrogen) atoms. The highest BCUT2D eigenvalue weighted by atomic mass is 32.2. The lowest BCUT2D eigenvalue weighted by atomic mass is 9.85. The molecule has 3 aromatic heterocycles. The highest BCUT2D eigenvalue weighted by Crippen LogP contribution is 2.40. The minimum atomic E-state index is -4.13. The first-order chi connectivity index (χ1) is 42.0. The lowest BCUT2D eigenvalue weighted by Gasteiger charge is -2.36. The number of sulfonamides is 1. The molecule has 7 heterocycles. The zero-order valence-electron chi connectivity index (χ0n) is 53.2. The summed E-state index contributed by atoms with van der Waals surface area (Å²) in [6, 6.07) is 15.3. The van der Waals surface area contributed by atoms with Crippen molar-refractivity contribution in [3.8, 4) is 23.0 Å². The maximum Gasteiger partial charge on any atom is 0.493 e. The molecule has 3 N–H and O–H groups in total. The van der Waals surface area contributed by atoms with Gasteiger partial charge in [0.1, 0.15) is 13.2 Å². The van der Waals surface area contributed by atoms with Gasteiger partial charge in [0.25, 0.3) is 0 Å². The van der Waals surface area contributed by atoms with Crippen LogP contribution in [0.2, 0.25) is 0 Å². The number of piperidine rings is 2. The topological polar surface area (TPSA) is 264 Å². The van der Waals surface area contributed by atoms with Crippen LogP contribution in [0.25, 0.3) is 21.8 Å². The van der Waals surface area contributed by atoms with Gasteiger partial charge in [0.05, 0.1) is 44.7 Å². The molecule has 5 aromatic rings. The van der Waals surface area contributed by atoms with E-state index in [1.807, 2.05) is 49.6 Å². The fourth-order valence-corrected chi connectivity index (χ4v) is 12.4. The van der Waals surface area contributed by atoms with Gasteiger partial charge in [-0.15, -0.1) is 8.42 Å². The second-order valence-corrected chi connectivity index (χ2v) is 27.4. The van der Waals surface area contributed by atoms with Gasteiger partial charge < -0.3 is 68.2 Å². The molecule has 0 aliphatic carbocycles. The molecule has 0 radical (unpaired) electrons. The normalized spacial score (nSPS) is 19.0. The van der Waals surface area contributed by atoms with Crippen LogP contribution in [0.5, 0.6) is 23.0 Å². The highest BCUT2D eigenvalue weighted by molar-refractivity contribution is 7.88. The molecule has 9 rings (SSSR count). The molecule has 4 aliphatic rings. The average molecular weight is 1270 g/mol. The summed E-state index contributed by atoms with van der Waals surface area (Å²) in [6.07, 6.45) is 16.9. The van der Waals surface area contributed by atoms with Crippen LogP contribution in [0.15, 0.2) is 77.7 Å². The Bertz CT molecular complexity index is 3220. The molecule has 4 atom stereocenters. The number of nitrogens with zero attached hydrogens (tertiary/aromatic N) is 7. The number of anilines is 3. The first-order valence-electron chi connectivity index (χ1n) is 30.7. The Labute approximate surface area is 521 Å². The molecule has 4 unspecified atom stereocenters. The predicted molar refractivity (Wildman–Crippen MR) is 340 cm³/mol. The van der Waals surface area contributed by atoms with E-state index in [0.29, 0.717) is 79.6 Å². The molecule has 0 amide bonds. The monoisotopic (exact) mass is 1270 g/mol. The maximum absolute atomic E-state index is 11.9. The number of nitrogens with two attached hydrogens (primary N) is 1. The van der Waals surface area contributed by atoms with E-state index in [9.17, 15) is 21.9 Å². The highest BCUT2D eigenvalue weighted by Gasteiger charge is 2.28. The second kappa shape index (κ2) is 33.1. The van der Waals surface area contributed by atoms with Crippen molar-refractivity contribution in [3.63, 3.8) is 0 Å². The van der Waals surface area contributed by atoms with Crippen LogP contribution in [0, 0.1) is 23.7 Å². The van der Waals surface area contributed by atoms with Crippen LogP contribution in [0.4, 0.5) is 17.1 Å². The third-order valence-electron chi connectivity index (χ3n) is 16.1. The number of ether oxygens (including phenoxy) is 9. The van der Waals surface area contributed by atoms with Crippen LogP contribution in [-0.4, -0.2) is 165 Å². The number of benzene rings is 2. The number of methoxy groups -OCH3 is 2. The third kappa shape index (κ3) is 21.0.